The summed E-state index contributed by atoms with van der Waals surface area (Å²) in [5, 5.41) is 9.76. The molecule has 0 spiro atoms. The number of nitrogens with two attached hydrogens (primary N) is 1. The van der Waals surface area contributed by atoms with Crippen LogP contribution in [0.1, 0.15) is 42.3 Å². The monoisotopic (exact) mass is 402 g/mol. The number of anilines is 1. The maximum atomic E-state index is 12.5. The number of carbonyl (C=O) groups excluding carboxylic acids is 2. The predicted octanol–water partition coefficient (Wildman–Crippen LogP) is 3.87. The lowest BCUT2D eigenvalue weighted by Crippen LogP contribution is -2.43. The number of amides is 3. The van der Waals surface area contributed by atoms with Gasteiger partial charge < -0.3 is 21.2 Å². The zero-order valence-electron chi connectivity index (χ0n) is 16.2. The van der Waals surface area contributed by atoms with Crippen molar-refractivity contribution in [2.45, 2.75) is 26.3 Å². The van der Waals surface area contributed by atoms with Gasteiger partial charge in [0.15, 0.2) is 0 Å². The minimum atomic E-state index is -0.674. The molecule has 4 N–H and O–H groups in total. The molecule has 0 bridgehead atoms. The van der Waals surface area contributed by atoms with Crippen molar-refractivity contribution in [1.82, 2.24) is 5.32 Å². The first-order valence-corrected chi connectivity index (χ1v) is 8.89. The summed E-state index contributed by atoms with van der Waals surface area (Å²) in [6, 6.07) is 11.7. The van der Waals surface area contributed by atoms with Crippen LogP contribution in [0.2, 0.25) is 5.02 Å². The molecule has 0 fully saturated rings. The van der Waals surface area contributed by atoms with Gasteiger partial charge in [-0.25, -0.2) is 4.79 Å². The highest BCUT2D eigenvalue weighted by atomic mass is 35.5. The van der Waals surface area contributed by atoms with Gasteiger partial charge in [-0.15, -0.1) is 0 Å². The number of urea groups is 1. The molecule has 0 aliphatic carbocycles. The topological polar surface area (TPSA) is 106 Å². The van der Waals surface area contributed by atoms with E-state index in [0.29, 0.717) is 5.69 Å². The first kappa shape index (κ1) is 21.2. The van der Waals surface area contributed by atoms with Crippen LogP contribution in [-0.4, -0.2) is 24.8 Å². The number of carbonyl (C=O) groups is 2. The lowest BCUT2D eigenvalue weighted by molar-refractivity contribution is 0.100. The summed E-state index contributed by atoms with van der Waals surface area (Å²) < 4.78 is 0. The molecule has 0 heterocycles. The Bertz CT molecular complexity index is 925. The van der Waals surface area contributed by atoms with Crippen molar-refractivity contribution >= 4 is 34.9 Å². The van der Waals surface area contributed by atoms with Gasteiger partial charge in [-0.2, -0.15) is 0 Å². The van der Waals surface area contributed by atoms with Gasteiger partial charge in [-0.3, -0.25) is 4.79 Å². The Morgan fingerprint density at radius 3 is 2.54 bits per heavy atom. The van der Waals surface area contributed by atoms with Crippen LogP contribution in [0, 0.1) is 0 Å². The number of hydrogen-bond donors (Lipinski definition) is 3. The van der Waals surface area contributed by atoms with Crippen LogP contribution < -0.4 is 16.4 Å². The van der Waals surface area contributed by atoms with E-state index in [1.165, 1.54) is 19.2 Å². The van der Waals surface area contributed by atoms with Crippen molar-refractivity contribution in [3.05, 3.63) is 64.2 Å². The van der Waals surface area contributed by atoms with Crippen molar-refractivity contribution in [2.24, 2.45) is 10.9 Å². The molecule has 0 aliphatic rings. The second kappa shape index (κ2) is 8.75. The fourth-order valence-electron chi connectivity index (χ4n) is 2.63. The Labute approximate surface area is 168 Å². The molecule has 7 nitrogen and oxygen atoms in total. The molecule has 0 atom stereocenters. The molecular weight excluding hydrogens is 380 g/mol. The van der Waals surface area contributed by atoms with Crippen molar-refractivity contribution in [1.29, 1.82) is 0 Å². The Kier molecular flexibility index (Phi) is 6.64. The average molecular weight is 403 g/mol. The van der Waals surface area contributed by atoms with E-state index in [0.717, 1.165) is 16.8 Å². The third-order valence-corrected chi connectivity index (χ3v) is 4.48. The first-order valence-electron chi connectivity index (χ1n) is 8.51. The summed E-state index contributed by atoms with van der Waals surface area (Å²) in [6.45, 7) is 5.60. The van der Waals surface area contributed by atoms with Gasteiger partial charge in [0.05, 0.1) is 21.8 Å². The zero-order chi connectivity index (χ0) is 20.9. The molecule has 0 aromatic heterocycles. The molecule has 28 heavy (non-hydrogen) atoms. The standard InChI is InChI=1S/C20H23ClN4O3/c1-12(25-28-4)13-6-5-7-14(10-13)20(2,3)24-19(27)23-15-8-9-17(21)16(11-15)18(22)26/h5-11H,1-4H3,(H2,22,26)(H2,23,24,27)/b25-12-. The van der Waals surface area contributed by atoms with Crippen LogP contribution in [0.25, 0.3) is 0 Å². The Morgan fingerprint density at radius 2 is 1.89 bits per heavy atom. The van der Waals surface area contributed by atoms with E-state index in [1.54, 1.807) is 6.07 Å². The van der Waals surface area contributed by atoms with Crippen molar-refractivity contribution < 1.29 is 14.4 Å². The molecule has 0 radical (unpaired) electrons. The van der Waals surface area contributed by atoms with Crippen molar-refractivity contribution in [2.75, 3.05) is 12.4 Å². The zero-order valence-corrected chi connectivity index (χ0v) is 16.9. The summed E-state index contributed by atoms with van der Waals surface area (Å²) in [4.78, 5) is 28.7. The quantitative estimate of drug-likeness (QED) is 0.504. The SMILES string of the molecule is CO/N=C(/C)c1cccc(C(C)(C)NC(=O)Nc2ccc(Cl)c(C(N)=O)c2)c1. The molecule has 2 rings (SSSR count). The Hall–Kier alpha value is -3.06. The van der Waals surface area contributed by atoms with Crippen LogP contribution in [0.15, 0.2) is 47.6 Å². The second-order valence-electron chi connectivity index (χ2n) is 6.70. The van der Waals surface area contributed by atoms with Gasteiger partial charge in [0.1, 0.15) is 7.11 Å². The number of benzene rings is 2. The molecule has 3 amide bonds. The first-order chi connectivity index (χ1) is 13.1. The van der Waals surface area contributed by atoms with E-state index in [9.17, 15) is 9.59 Å². The van der Waals surface area contributed by atoms with E-state index in [-0.39, 0.29) is 10.6 Å². The number of hydrogen-bond acceptors (Lipinski definition) is 4. The van der Waals surface area contributed by atoms with Crippen LogP contribution in [0.3, 0.4) is 0 Å². The third-order valence-electron chi connectivity index (χ3n) is 4.15. The lowest BCUT2D eigenvalue weighted by atomic mass is 9.92. The van der Waals surface area contributed by atoms with Crippen molar-refractivity contribution in [3.8, 4) is 0 Å². The highest BCUT2D eigenvalue weighted by Crippen LogP contribution is 2.23. The maximum Gasteiger partial charge on any atom is 0.319 e. The van der Waals surface area contributed by atoms with Gasteiger partial charge in [-0.1, -0.05) is 35.0 Å². The van der Waals surface area contributed by atoms with Crippen molar-refractivity contribution in [3.63, 3.8) is 0 Å². The summed E-state index contributed by atoms with van der Waals surface area (Å²) >= 11 is 5.93. The fourth-order valence-corrected chi connectivity index (χ4v) is 2.84. The predicted molar refractivity (Wildman–Crippen MR) is 111 cm³/mol. The summed E-state index contributed by atoms with van der Waals surface area (Å²) in [5.41, 5.74) is 7.65. The van der Waals surface area contributed by atoms with E-state index in [4.69, 9.17) is 22.2 Å². The van der Waals surface area contributed by atoms with Crippen LogP contribution in [0.5, 0.6) is 0 Å². The normalized spacial score (nSPS) is 11.7. The number of rotatable bonds is 6. The highest BCUT2D eigenvalue weighted by molar-refractivity contribution is 6.34. The minimum Gasteiger partial charge on any atom is -0.399 e. The largest absolute Gasteiger partial charge is 0.399 e. The molecule has 0 saturated heterocycles. The van der Waals surface area contributed by atoms with Gasteiger partial charge >= 0.3 is 6.03 Å². The molecule has 2 aromatic carbocycles. The highest BCUT2D eigenvalue weighted by Gasteiger charge is 2.23. The molecular formula is C20H23ClN4O3. The maximum absolute atomic E-state index is 12.5. The molecule has 0 unspecified atom stereocenters. The number of oxime groups is 1. The number of nitrogens with one attached hydrogen (secondary N) is 2. The fraction of sp³-hybridized carbons (Fsp3) is 0.250. The average Bonchev–Trinajstić information content (AvgIpc) is 2.63. The smallest absolute Gasteiger partial charge is 0.319 e. The number of nitrogens with zero attached hydrogens (tertiary/aromatic N) is 1. The third kappa shape index (κ3) is 5.23. The van der Waals surface area contributed by atoms with Gasteiger partial charge in [0, 0.05) is 5.69 Å². The Morgan fingerprint density at radius 1 is 1.18 bits per heavy atom. The summed E-state index contributed by atoms with van der Waals surface area (Å²) in [5.74, 6) is -0.667. The van der Waals surface area contributed by atoms with Crippen LogP contribution >= 0.6 is 11.6 Å². The Balaban J connectivity index is 2.17. The number of halogens is 1. The molecule has 2 aromatic rings. The van der Waals surface area contributed by atoms with Gasteiger partial charge in [-0.05, 0) is 56.2 Å². The molecule has 0 aliphatic heterocycles. The summed E-state index contributed by atoms with van der Waals surface area (Å²) in [6.07, 6.45) is 0. The van der Waals surface area contributed by atoms with Gasteiger partial charge in [0.25, 0.3) is 0 Å². The summed E-state index contributed by atoms with van der Waals surface area (Å²) in [7, 11) is 1.49. The molecule has 148 valence electrons. The van der Waals surface area contributed by atoms with E-state index >= 15 is 0 Å². The van der Waals surface area contributed by atoms with Gasteiger partial charge in [0.2, 0.25) is 5.91 Å². The van der Waals surface area contributed by atoms with E-state index < -0.39 is 17.5 Å². The molecule has 0 saturated carbocycles. The van der Waals surface area contributed by atoms with E-state index in [2.05, 4.69) is 15.8 Å². The van der Waals surface area contributed by atoms with Crippen LogP contribution in [-0.2, 0) is 10.4 Å². The molecule has 8 heteroatoms. The van der Waals surface area contributed by atoms with E-state index in [1.807, 2.05) is 45.0 Å². The minimum absolute atomic E-state index is 0.138. The van der Waals surface area contributed by atoms with Crippen LogP contribution in [0.4, 0.5) is 10.5 Å². The lowest BCUT2D eigenvalue weighted by Gasteiger charge is -2.27. The number of primary amides is 1. The second-order valence-corrected chi connectivity index (χ2v) is 7.11.